The molecular weight excluding hydrogens is 302 g/mol. The van der Waals surface area contributed by atoms with Crippen LogP contribution < -0.4 is 15.4 Å². The normalized spacial score (nSPS) is 24.5. The average Bonchev–Trinajstić information content (AvgIpc) is 2.61. The van der Waals surface area contributed by atoms with Crippen molar-refractivity contribution in [2.24, 2.45) is 5.73 Å². The van der Waals surface area contributed by atoms with E-state index in [0.717, 1.165) is 56.0 Å². The largest absolute Gasteiger partial charge is 0.489 e. The molecule has 0 atom stereocenters. The van der Waals surface area contributed by atoms with E-state index < -0.39 is 0 Å². The van der Waals surface area contributed by atoms with E-state index in [1.807, 2.05) is 12.1 Å². The molecule has 0 spiro atoms. The van der Waals surface area contributed by atoms with Crippen molar-refractivity contribution in [3.05, 3.63) is 42.6 Å². The lowest BCUT2D eigenvalue weighted by atomic mass is 9.78. The summed E-state index contributed by atoms with van der Waals surface area (Å²) in [6.07, 6.45) is 9.52. The van der Waals surface area contributed by atoms with Crippen molar-refractivity contribution in [3.63, 3.8) is 0 Å². The van der Waals surface area contributed by atoms with Crippen LogP contribution >= 0.6 is 0 Å². The summed E-state index contributed by atoms with van der Waals surface area (Å²) in [6, 6.07) is 6.34. The Balaban J connectivity index is 1.35. The highest BCUT2D eigenvalue weighted by Gasteiger charge is 2.29. The van der Waals surface area contributed by atoms with E-state index in [2.05, 4.69) is 25.9 Å². The zero-order valence-electron chi connectivity index (χ0n) is 13.7. The molecule has 1 saturated carbocycles. The first-order chi connectivity index (χ1) is 11.8. The van der Waals surface area contributed by atoms with E-state index >= 15 is 0 Å². The molecule has 2 fully saturated rings. The lowest BCUT2D eigenvalue weighted by molar-refractivity contribution is 0.170. The van der Waals surface area contributed by atoms with Crippen LogP contribution in [0.25, 0.3) is 0 Å². The summed E-state index contributed by atoms with van der Waals surface area (Å²) in [5.41, 5.74) is 7.03. The van der Waals surface area contributed by atoms with E-state index in [9.17, 15) is 0 Å². The predicted molar refractivity (Wildman–Crippen MR) is 92.1 cm³/mol. The highest BCUT2D eigenvalue weighted by atomic mass is 16.5. The third-order valence-electron chi connectivity index (χ3n) is 4.97. The maximum absolute atomic E-state index is 6.00. The van der Waals surface area contributed by atoms with E-state index in [4.69, 9.17) is 10.5 Å². The first-order valence-electron chi connectivity index (χ1n) is 8.67. The molecule has 2 aliphatic rings. The number of hydrogen-bond acceptors (Lipinski definition) is 6. The number of hydrogen-bond donors (Lipinski definition) is 1. The molecule has 1 aliphatic carbocycles. The fraction of sp³-hybridized carbons (Fsp3) is 0.500. The van der Waals surface area contributed by atoms with Crippen molar-refractivity contribution in [3.8, 4) is 5.75 Å². The Bertz CT molecular complexity index is 666. The van der Waals surface area contributed by atoms with Crippen molar-refractivity contribution in [2.75, 3.05) is 18.0 Å². The standard InChI is InChI=1S/C18H23N5O/c19-14-8-13(9-14)17-10-18(22-12-21-17)23-6-3-15(4-7-23)24-16-2-1-5-20-11-16/h1-2,5,10-15H,3-4,6-9,19H2. The molecule has 2 aromatic rings. The lowest BCUT2D eigenvalue weighted by Crippen LogP contribution is -2.39. The maximum Gasteiger partial charge on any atom is 0.137 e. The number of ether oxygens (including phenoxy) is 1. The summed E-state index contributed by atoms with van der Waals surface area (Å²) in [7, 11) is 0. The molecule has 2 aromatic heterocycles. The summed E-state index contributed by atoms with van der Waals surface area (Å²) < 4.78 is 6.00. The molecular formula is C18H23N5O. The van der Waals surface area contributed by atoms with Crippen LogP contribution in [-0.2, 0) is 0 Å². The van der Waals surface area contributed by atoms with Gasteiger partial charge in [-0.3, -0.25) is 4.98 Å². The second kappa shape index (κ2) is 6.73. The SMILES string of the molecule is NC1CC(c2cc(N3CCC(Oc4cccnc4)CC3)ncn2)C1. The van der Waals surface area contributed by atoms with Crippen LogP contribution in [-0.4, -0.2) is 40.2 Å². The minimum Gasteiger partial charge on any atom is -0.489 e. The predicted octanol–water partition coefficient (Wildman–Crippen LogP) is 2.12. The van der Waals surface area contributed by atoms with Gasteiger partial charge < -0.3 is 15.4 Å². The van der Waals surface area contributed by atoms with Crippen molar-refractivity contribution in [1.82, 2.24) is 15.0 Å². The van der Waals surface area contributed by atoms with Crippen LogP contribution in [0.1, 0.15) is 37.3 Å². The molecule has 0 unspecified atom stereocenters. The van der Waals surface area contributed by atoms with Crippen molar-refractivity contribution >= 4 is 5.82 Å². The minimum absolute atomic E-state index is 0.247. The Labute approximate surface area is 142 Å². The van der Waals surface area contributed by atoms with Gasteiger partial charge in [-0.25, -0.2) is 9.97 Å². The van der Waals surface area contributed by atoms with Gasteiger partial charge in [0.15, 0.2) is 0 Å². The van der Waals surface area contributed by atoms with Crippen LogP contribution in [0.3, 0.4) is 0 Å². The molecule has 126 valence electrons. The number of anilines is 1. The van der Waals surface area contributed by atoms with Crippen LogP contribution in [0.4, 0.5) is 5.82 Å². The van der Waals surface area contributed by atoms with Crippen LogP contribution in [0, 0.1) is 0 Å². The topological polar surface area (TPSA) is 77.2 Å². The molecule has 0 aromatic carbocycles. The van der Waals surface area contributed by atoms with Crippen molar-refractivity contribution < 1.29 is 4.74 Å². The maximum atomic E-state index is 6.00. The summed E-state index contributed by atoms with van der Waals surface area (Å²) >= 11 is 0. The highest BCUT2D eigenvalue weighted by Crippen LogP contribution is 2.35. The van der Waals surface area contributed by atoms with Crippen LogP contribution in [0.15, 0.2) is 36.9 Å². The smallest absolute Gasteiger partial charge is 0.137 e. The Kier molecular flexibility index (Phi) is 4.30. The molecule has 4 rings (SSSR count). The third-order valence-corrected chi connectivity index (χ3v) is 4.97. The van der Waals surface area contributed by atoms with E-state index in [-0.39, 0.29) is 6.10 Å². The lowest BCUT2D eigenvalue weighted by Gasteiger charge is -2.34. The summed E-state index contributed by atoms with van der Waals surface area (Å²) in [4.78, 5) is 15.3. The molecule has 1 saturated heterocycles. The summed E-state index contributed by atoms with van der Waals surface area (Å²) in [6.45, 7) is 1.90. The highest BCUT2D eigenvalue weighted by molar-refractivity contribution is 5.40. The number of rotatable bonds is 4. The van der Waals surface area contributed by atoms with Gasteiger partial charge in [0.1, 0.15) is 24.0 Å². The van der Waals surface area contributed by atoms with Gasteiger partial charge in [0.25, 0.3) is 0 Å². The van der Waals surface area contributed by atoms with Crippen molar-refractivity contribution in [1.29, 1.82) is 0 Å². The number of nitrogens with two attached hydrogens (primary N) is 1. The number of aromatic nitrogens is 3. The molecule has 0 bridgehead atoms. The van der Waals surface area contributed by atoms with E-state index in [1.54, 1.807) is 18.7 Å². The monoisotopic (exact) mass is 325 g/mol. The zero-order valence-corrected chi connectivity index (χ0v) is 13.7. The molecule has 6 nitrogen and oxygen atoms in total. The Morgan fingerprint density at radius 3 is 2.71 bits per heavy atom. The van der Waals surface area contributed by atoms with Gasteiger partial charge in [-0.05, 0) is 25.0 Å². The fourth-order valence-corrected chi connectivity index (χ4v) is 3.47. The second-order valence-corrected chi connectivity index (χ2v) is 6.72. The van der Waals surface area contributed by atoms with Crippen molar-refractivity contribution in [2.45, 2.75) is 43.7 Å². The number of nitrogens with zero attached hydrogens (tertiary/aromatic N) is 4. The summed E-state index contributed by atoms with van der Waals surface area (Å²) in [5.74, 6) is 2.38. The molecule has 2 N–H and O–H groups in total. The molecule has 0 amide bonds. The first kappa shape index (κ1) is 15.3. The van der Waals surface area contributed by atoms with E-state index in [1.165, 1.54) is 0 Å². The van der Waals surface area contributed by atoms with Gasteiger partial charge in [-0.2, -0.15) is 0 Å². The van der Waals surface area contributed by atoms with E-state index in [0.29, 0.717) is 12.0 Å². The van der Waals surface area contributed by atoms with Crippen LogP contribution in [0.2, 0.25) is 0 Å². The van der Waals surface area contributed by atoms with Gasteiger partial charge in [0.05, 0.1) is 6.20 Å². The molecule has 1 aliphatic heterocycles. The van der Waals surface area contributed by atoms with Gasteiger partial charge in [0, 0.05) is 55.8 Å². The summed E-state index contributed by atoms with van der Waals surface area (Å²) in [5, 5.41) is 0. The Hall–Kier alpha value is -2.21. The zero-order chi connectivity index (χ0) is 16.4. The second-order valence-electron chi connectivity index (χ2n) is 6.72. The fourth-order valence-electron chi connectivity index (χ4n) is 3.47. The van der Waals surface area contributed by atoms with Gasteiger partial charge in [0.2, 0.25) is 0 Å². The molecule has 6 heteroatoms. The number of piperidine rings is 1. The average molecular weight is 325 g/mol. The van der Waals surface area contributed by atoms with Gasteiger partial charge >= 0.3 is 0 Å². The Morgan fingerprint density at radius 2 is 2.00 bits per heavy atom. The third kappa shape index (κ3) is 3.33. The Morgan fingerprint density at radius 1 is 1.17 bits per heavy atom. The number of pyridine rings is 1. The molecule has 3 heterocycles. The van der Waals surface area contributed by atoms with Crippen LogP contribution in [0.5, 0.6) is 5.75 Å². The first-order valence-corrected chi connectivity index (χ1v) is 8.67. The van der Waals surface area contributed by atoms with Gasteiger partial charge in [-0.1, -0.05) is 0 Å². The molecule has 0 radical (unpaired) electrons. The molecule has 24 heavy (non-hydrogen) atoms. The quantitative estimate of drug-likeness (QED) is 0.928. The van der Waals surface area contributed by atoms with Gasteiger partial charge in [-0.15, -0.1) is 0 Å². The minimum atomic E-state index is 0.247.